The van der Waals surface area contributed by atoms with Crippen LogP contribution in [0.2, 0.25) is 0 Å². The largest absolute Gasteiger partial charge is 0.366 e. The smallest absolute Gasteiger partial charge is 0.328 e. The van der Waals surface area contributed by atoms with Gasteiger partial charge in [-0.15, -0.1) is 0 Å². The Kier molecular flexibility index (Phi) is 3.69. The van der Waals surface area contributed by atoms with Crippen molar-refractivity contribution in [3.63, 3.8) is 0 Å². The van der Waals surface area contributed by atoms with Crippen molar-refractivity contribution in [3.8, 4) is 0 Å². The highest BCUT2D eigenvalue weighted by atomic mass is 32.2. The van der Waals surface area contributed by atoms with Crippen LogP contribution in [0.5, 0.6) is 0 Å². The first-order valence-electron chi connectivity index (χ1n) is 4.51. The minimum Gasteiger partial charge on any atom is -0.366 e. The SMILES string of the molecule is CNC(=O)NS(=O)(=O)c1cccc(C(N)=O)c1. The number of nitrogens with one attached hydrogen (secondary N) is 2. The van der Waals surface area contributed by atoms with Crippen molar-refractivity contribution in [2.45, 2.75) is 4.90 Å². The number of carbonyl (C=O) groups excluding carboxylic acids is 2. The van der Waals surface area contributed by atoms with Gasteiger partial charge < -0.3 is 11.1 Å². The summed E-state index contributed by atoms with van der Waals surface area (Å²) in [6.45, 7) is 0. The Morgan fingerprint density at radius 1 is 1.29 bits per heavy atom. The highest BCUT2D eigenvalue weighted by molar-refractivity contribution is 7.90. The van der Waals surface area contributed by atoms with E-state index >= 15 is 0 Å². The molecule has 0 heterocycles. The van der Waals surface area contributed by atoms with Gasteiger partial charge in [0, 0.05) is 12.6 Å². The second-order valence-corrected chi connectivity index (χ2v) is 4.76. The zero-order valence-electron chi connectivity index (χ0n) is 8.93. The maximum Gasteiger partial charge on any atom is 0.328 e. The summed E-state index contributed by atoms with van der Waals surface area (Å²) in [5.41, 5.74) is 5.07. The Morgan fingerprint density at radius 3 is 2.47 bits per heavy atom. The third-order valence-electron chi connectivity index (χ3n) is 1.88. The molecule has 7 nitrogen and oxygen atoms in total. The summed E-state index contributed by atoms with van der Waals surface area (Å²) in [6.07, 6.45) is 0. The number of amides is 3. The van der Waals surface area contributed by atoms with Gasteiger partial charge in [-0.25, -0.2) is 17.9 Å². The lowest BCUT2D eigenvalue weighted by atomic mass is 10.2. The number of sulfonamides is 1. The van der Waals surface area contributed by atoms with Gasteiger partial charge in [-0.3, -0.25) is 4.79 Å². The van der Waals surface area contributed by atoms with Crippen molar-refractivity contribution in [3.05, 3.63) is 29.8 Å². The molecule has 1 aromatic rings. The fourth-order valence-electron chi connectivity index (χ4n) is 1.05. The van der Waals surface area contributed by atoms with Gasteiger partial charge in [-0.1, -0.05) is 6.07 Å². The Hall–Kier alpha value is -2.09. The van der Waals surface area contributed by atoms with Gasteiger partial charge in [-0.2, -0.15) is 0 Å². The minimum absolute atomic E-state index is 0.0461. The molecular weight excluding hydrogens is 246 g/mol. The fourth-order valence-corrected chi connectivity index (χ4v) is 2.05. The molecule has 0 aliphatic heterocycles. The summed E-state index contributed by atoms with van der Waals surface area (Å²) < 4.78 is 25.1. The van der Waals surface area contributed by atoms with E-state index in [0.29, 0.717) is 0 Å². The molecule has 0 saturated carbocycles. The van der Waals surface area contributed by atoms with Crippen LogP contribution in [0.1, 0.15) is 10.4 Å². The minimum atomic E-state index is -4.00. The average Bonchev–Trinajstić information content (AvgIpc) is 2.28. The van der Waals surface area contributed by atoms with Gasteiger partial charge in [0.2, 0.25) is 5.91 Å². The third kappa shape index (κ3) is 3.18. The fraction of sp³-hybridized carbons (Fsp3) is 0.111. The van der Waals surface area contributed by atoms with Gasteiger partial charge >= 0.3 is 6.03 Å². The Labute approximate surface area is 98.0 Å². The molecule has 0 unspecified atom stereocenters. The quantitative estimate of drug-likeness (QED) is 0.670. The molecule has 0 saturated heterocycles. The Balaban J connectivity index is 3.11. The van der Waals surface area contributed by atoms with E-state index in [1.54, 1.807) is 4.72 Å². The van der Waals surface area contributed by atoms with Crippen LogP contribution in [0.4, 0.5) is 4.79 Å². The molecule has 92 valence electrons. The number of benzene rings is 1. The highest BCUT2D eigenvalue weighted by Crippen LogP contribution is 2.10. The van der Waals surface area contributed by atoms with Gasteiger partial charge in [0.05, 0.1) is 4.90 Å². The normalized spacial score (nSPS) is 10.6. The summed E-state index contributed by atoms with van der Waals surface area (Å²) in [5, 5.41) is 2.11. The lowest BCUT2D eigenvalue weighted by Crippen LogP contribution is -2.37. The van der Waals surface area contributed by atoms with Crippen LogP contribution in [0.3, 0.4) is 0 Å². The molecule has 3 amide bonds. The number of hydrogen-bond donors (Lipinski definition) is 3. The van der Waals surface area contributed by atoms with E-state index in [4.69, 9.17) is 5.73 Å². The van der Waals surface area contributed by atoms with Gasteiger partial charge in [-0.05, 0) is 18.2 Å². The molecule has 0 aliphatic rings. The van der Waals surface area contributed by atoms with Gasteiger partial charge in [0.15, 0.2) is 0 Å². The summed E-state index contributed by atoms with van der Waals surface area (Å²) in [6, 6.07) is 4.21. The van der Waals surface area contributed by atoms with Crippen LogP contribution in [0.15, 0.2) is 29.2 Å². The molecule has 0 atom stereocenters. The van der Waals surface area contributed by atoms with Crippen LogP contribution >= 0.6 is 0 Å². The molecule has 0 bridgehead atoms. The van der Waals surface area contributed by atoms with Gasteiger partial charge in [0.1, 0.15) is 0 Å². The Bertz CT molecular complexity index is 553. The average molecular weight is 257 g/mol. The van der Waals surface area contributed by atoms with Crippen molar-refractivity contribution in [2.75, 3.05) is 7.05 Å². The summed E-state index contributed by atoms with van der Waals surface area (Å²) in [5.74, 6) is -0.748. The monoisotopic (exact) mass is 257 g/mol. The molecule has 0 radical (unpaired) electrons. The van der Waals surface area contributed by atoms with Crippen molar-refractivity contribution in [2.24, 2.45) is 5.73 Å². The topological polar surface area (TPSA) is 118 Å². The predicted octanol–water partition coefficient (Wildman–Crippen LogP) is -0.597. The van der Waals surface area contributed by atoms with E-state index in [2.05, 4.69) is 5.32 Å². The third-order valence-corrected chi connectivity index (χ3v) is 3.21. The number of hydrogen-bond acceptors (Lipinski definition) is 4. The second-order valence-electron chi connectivity index (χ2n) is 3.08. The molecular formula is C9H11N3O4S. The number of carbonyl (C=O) groups is 2. The zero-order chi connectivity index (χ0) is 13.1. The molecule has 8 heteroatoms. The first-order valence-corrected chi connectivity index (χ1v) is 5.99. The molecule has 17 heavy (non-hydrogen) atoms. The number of primary amides is 1. The van der Waals surface area contributed by atoms with Crippen LogP contribution in [0.25, 0.3) is 0 Å². The van der Waals surface area contributed by atoms with E-state index in [-0.39, 0.29) is 10.5 Å². The van der Waals surface area contributed by atoms with E-state index in [9.17, 15) is 18.0 Å². The molecule has 0 aliphatic carbocycles. The van der Waals surface area contributed by atoms with Crippen LogP contribution in [-0.2, 0) is 10.0 Å². The summed E-state index contributed by atoms with van der Waals surface area (Å²) >= 11 is 0. The number of nitrogens with two attached hydrogens (primary N) is 1. The molecule has 0 spiro atoms. The molecule has 1 rings (SSSR count). The number of rotatable bonds is 3. The molecule has 1 aromatic carbocycles. The van der Waals surface area contributed by atoms with Crippen molar-refractivity contribution in [1.29, 1.82) is 0 Å². The molecule has 0 aromatic heterocycles. The molecule has 0 fully saturated rings. The Morgan fingerprint density at radius 2 is 1.94 bits per heavy atom. The van der Waals surface area contributed by atoms with E-state index < -0.39 is 22.0 Å². The first-order chi connectivity index (χ1) is 7.86. The van der Waals surface area contributed by atoms with Crippen LogP contribution < -0.4 is 15.8 Å². The molecule has 4 N–H and O–H groups in total. The van der Waals surface area contributed by atoms with E-state index in [1.807, 2.05) is 0 Å². The summed E-state index contributed by atoms with van der Waals surface area (Å²) in [4.78, 5) is 21.6. The lowest BCUT2D eigenvalue weighted by Gasteiger charge is -2.06. The zero-order valence-corrected chi connectivity index (χ0v) is 9.74. The second kappa shape index (κ2) is 4.83. The van der Waals surface area contributed by atoms with Crippen molar-refractivity contribution >= 4 is 22.0 Å². The van der Waals surface area contributed by atoms with Gasteiger partial charge in [0.25, 0.3) is 10.0 Å². The summed E-state index contributed by atoms with van der Waals surface area (Å²) in [7, 11) is -2.72. The lowest BCUT2D eigenvalue weighted by molar-refractivity contribution is 0.1000. The maximum absolute atomic E-state index is 11.7. The van der Waals surface area contributed by atoms with Crippen molar-refractivity contribution < 1.29 is 18.0 Å². The van der Waals surface area contributed by atoms with Crippen LogP contribution in [0, 0.1) is 0 Å². The standard InChI is InChI=1S/C9H11N3O4S/c1-11-9(14)12-17(15,16)7-4-2-3-6(5-7)8(10)13/h2-5H,1H3,(H2,10,13)(H2,11,12,14). The van der Waals surface area contributed by atoms with E-state index in [1.165, 1.54) is 25.2 Å². The number of urea groups is 1. The van der Waals surface area contributed by atoms with Crippen molar-refractivity contribution in [1.82, 2.24) is 10.0 Å². The maximum atomic E-state index is 11.7. The highest BCUT2D eigenvalue weighted by Gasteiger charge is 2.17. The predicted molar refractivity (Wildman–Crippen MR) is 59.7 cm³/mol. The first kappa shape index (κ1) is 13.0. The van der Waals surface area contributed by atoms with Crippen LogP contribution in [-0.4, -0.2) is 27.4 Å². The van der Waals surface area contributed by atoms with E-state index in [0.717, 1.165) is 6.07 Å².